The number of H-pyrrole nitrogens is 1. The van der Waals surface area contributed by atoms with Crippen molar-refractivity contribution in [3.05, 3.63) is 29.9 Å². The highest BCUT2D eigenvalue weighted by Crippen LogP contribution is 2.29. The first-order valence-electron chi connectivity index (χ1n) is 6.79. The third kappa shape index (κ3) is 6.67. The number of rotatable bonds is 7. The molecule has 0 amide bonds. The maximum absolute atomic E-state index is 13.2. The molecule has 1 rings (SSSR count). The maximum atomic E-state index is 13.2. The smallest absolute Gasteiger partial charge is 0.360 e. The number of aromatic amines is 1. The Morgan fingerprint density at radius 1 is 1.52 bits per heavy atom. The van der Waals surface area contributed by atoms with E-state index in [9.17, 15) is 13.2 Å². The molecule has 0 aliphatic carbocycles. The second-order valence-electron chi connectivity index (χ2n) is 5.04. The van der Waals surface area contributed by atoms with Gasteiger partial charge in [-0.1, -0.05) is 5.92 Å². The summed E-state index contributed by atoms with van der Waals surface area (Å²) in [6.45, 7) is 2.28. The monoisotopic (exact) mass is 328 g/mol. The van der Waals surface area contributed by atoms with Gasteiger partial charge in [0.2, 0.25) is 0 Å². The van der Waals surface area contributed by atoms with Gasteiger partial charge < -0.3 is 9.64 Å². The molecule has 8 heteroatoms. The Kier molecular flexibility index (Phi) is 7.00. The molecule has 126 valence electrons. The van der Waals surface area contributed by atoms with E-state index in [1.54, 1.807) is 0 Å². The minimum Gasteiger partial charge on any atom is -0.360 e. The van der Waals surface area contributed by atoms with Gasteiger partial charge in [-0.25, -0.2) is 4.98 Å². The Balaban J connectivity index is 2.96. The fourth-order valence-electron chi connectivity index (χ4n) is 1.59. The first kappa shape index (κ1) is 18.9. The summed E-state index contributed by atoms with van der Waals surface area (Å²) in [7, 11) is 3.66. The molecule has 1 N–H and O–H groups in total. The summed E-state index contributed by atoms with van der Waals surface area (Å²) in [5.74, 6) is 2.46. The summed E-state index contributed by atoms with van der Waals surface area (Å²) >= 11 is 0. The maximum Gasteiger partial charge on any atom is 0.416 e. The van der Waals surface area contributed by atoms with Crippen LogP contribution >= 0.6 is 0 Å². The van der Waals surface area contributed by atoms with E-state index in [1.807, 2.05) is 19.0 Å². The summed E-state index contributed by atoms with van der Waals surface area (Å²) in [5.41, 5.74) is -0.602. The molecule has 0 aliphatic rings. The van der Waals surface area contributed by atoms with Crippen LogP contribution in [0.5, 0.6) is 0 Å². The topological polar surface area (TPSA) is 54.0 Å². The van der Waals surface area contributed by atoms with E-state index in [1.165, 1.54) is 13.3 Å². The number of hydrogen-bond acceptors (Lipinski definition) is 4. The third-order valence-electron chi connectivity index (χ3n) is 2.82. The number of likely N-dealkylation sites (N-methyl/N-ethyl adjacent to an activating group) is 1. The molecular weight excluding hydrogens is 309 g/mol. The van der Waals surface area contributed by atoms with Gasteiger partial charge in [-0.2, -0.15) is 18.3 Å². The number of nitrogens with one attached hydrogen (secondary N) is 1. The predicted octanol–water partition coefficient (Wildman–Crippen LogP) is 2.28. The van der Waals surface area contributed by atoms with Gasteiger partial charge in [0.15, 0.2) is 5.82 Å². The average Bonchev–Trinajstić information content (AvgIpc) is 2.97. The van der Waals surface area contributed by atoms with Crippen molar-refractivity contribution in [1.29, 1.82) is 0 Å². The van der Waals surface area contributed by atoms with E-state index in [0.29, 0.717) is 6.54 Å². The number of ether oxygens (including phenoxy) is 1. The molecule has 0 radical (unpaired) electrons. The number of terminal acetylenes is 1. The van der Waals surface area contributed by atoms with Crippen molar-refractivity contribution in [2.45, 2.75) is 19.2 Å². The molecule has 0 bridgehead atoms. The van der Waals surface area contributed by atoms with Crippen molar-refractivity contribution in [1.82, 2.24) is 20.1 Å². The minimum atomic E-state index is -4.55. The SMILES string of the molecule is C#CC(/C=C(\C=C(/C)c1ncn[nH]1)C(F)(F)F)OCCN(C)C. The Morgan fingerprint density at radius 2 is 2.22 bits per heavy atom. The lowest BCUT2D eigenvalue weighted by atomic mass is 10.1. The van der Waals surface area contributed by atoms with Gasteiger partial charge in [0, 0.05) is 6.54 Å². The van der Waals surface area contributed by atoms with Crippen LogP contribution in [0.4, 0.5) is 13.2 Å². The molecule has 1 unspecified atom stereocenters. The van der Waals surface area contributed by atoms with Crippen LogP contribution in [-0.2, 0) is 4.74 Å². The van der Waals surface area contributed by atoms with Crippen molar-refractivity contribution in [3.63, 3.8) is 0 Å². The second kappa shape index (κ2) is 8.50. The molecule has 1 atom stereocenters. The number of alkyl halides is 3. The number of halogens is 3. The van der Waals surface area contributed by atoms with Gasteiger partial charge in [0.25, 0.3) is 0 Å². The Hall–Kier alpha value is -2.11. The van der Waals surface area contributed by atoms with Crippen LogP contribution in [0.15, 0.2) is 24.1 Å². The number of nitrogens with zero attached hydrogens (tertiary/aromatic N) is 3. The van der Waals surface area contributed by atoms with E-state index in [4.69, 9.17) is 11.2 Å². The molecule has 5 nitrogen and oxygen atoms in total. The van der Waals surface area contributed by atoms with Gasteiger partial charge in [-0.05, 0) is 38.7 Å². The lowest BCUT2D eigenvalue weighted by Crippen LogP contribution is -2.22. The quantitative estimate of drug-likeness (QED) is 0.616. The molecule has 23 heavy (non-hydrogen) atoms. The molecule has 0 saturated carbocycles. The molecular formula is C15H19F3N4O. The Bertz CT molecular complexity index is 583. The van der Waals surface area contributed by atoms with Crippen LogP contribution in [0.2, 0.25) is 0 Å². The summed E-state index contributed by atoms with van der Waals surface area (Å²) in [6.07, 6.45) is 2.70. The molecule has 0 saturated heterocycles. The normalized spacial score (nSPS) is 14.9. The molecule has 1 aromatic heterocycles. The second-order valence-corrected chi connectivity index (χ2v) is 5.04. The summed E-state index contributed by atoms with van der Waals surface area (Å²) in [4.78, 5) is 5.66. The van der Waals surface area contributed by atoms with Crippen LogP contribution in [-0.4, -0.2) is 59.6 Å². The molecule has 1 heterocycles. The van der Waals surface area contributed by atoms with Gasteiger partial charge in [0.05, 0.1) is 12.2 Å². The van der Waals surface area contributed by atoms with Crippen molar-refractivity contribution in [2.24, 2.45) is 0 Å². The molecule has 0 fully saturated rings. The Morgan fingerprint density at radius 3 is 2.70 bits per heavy atom. The molecule has 0 aromatic carbocycles. The summed E-state index contributed by atoms with van der Waals surface area (Å²) in [6, 6.07) is 0. The van der Waals surface area contributed by atoms with Gasteiger partial charge >= 0.3 is 6.18 Å². The molecule has 0 aliphatic heterocycles. The lowest BCUT2D eigenvalue weighted by molar-refractivity contribution is -0.0890. The van der Waals surface area contributed by atoms with Gasteiger partial charge in [-0.3, -0.25) is 5.10 Å². The highest BCUT2D eigenvalue weighted by molar-refractivity contribution is 5.61. The van der Waals surface area contributed by atoms with E-state index in [0.717, 1.165) is 12.2 Å². The van der Waals surface area contributed by atoms with E-state index in [-0.39, 0.29) is 18.0 Å². The van der Waals surface area contributed by atoms with Crippen LogP contribution in [0.1, 0.15) is 12.7 Å². The van der Waals surface area contributed by atoms with Gasteiger partial charge in [-0.15, -0.1) is 6.42 Å². The molecule has 1 aromatic rings. The zero-order chi connectivity index (χ0) is 17.5. The number of hydrogen-bond donors (Lipinski definition) is 1. The first-order valence-corrected chi connectivity index (χ1v) is 6.79. The van der Waals surface area contributed by atoms with Crippen LogP contribution in [0.3, 0.4) is 0 Å². The number of aromatic nitrogens is 3. The standard InChI is InChI=1S/C15H19F3N4O/c1-5-13(23-7-6-22(3)4)9-12(15(16,17)18)8-11(2)14-19-10-20-21-14/h1,8-10,13H,6-7H2,2-4H3,(H,19,20,21)/b11-8+,12-9+. The van der Waals surface area contributed by atoms with Crippen LogP contribution in [0, 0.1) is 12.3 Å². The summed E-state index contributed by atoms with van der Waals surface area (Å²) in [5, 5.41) is 6.11. The minimum absolute atomic E-state index is 0.230. The van der Waals surface area contributed by atoms with Crippen molar-refractivity contribution in [3.8, 4) is 12.3 Å². The highest BCUT2D eigenvalue weighted by Gasteiger charge is 2.33. The summed E-state index contributed by atoms with van der Waals surface area (Å²) < 4.78 is 44.8. The van der Waals surface area contributed by atoms with Gasteiger partial charge in [0.1, 0.15) is 12.4 Å². The lowest BCUT2D eigenvalue weighted by Gasteiger charge is -2.15. The first-order chi connectivity index (χ1) is 10.7. The van der Waals surface area contributed by atoms with E-state index < -0.39 is 17.9 Å². The zero-order valence-corrected chi connectivity index (χ0v) is 13.2. The van der Waals surface area contributed by atoms with E-state index in [2.05, 4.69) is 21.1 Å². The predicted molar refractivity (Wildman–Crippen MR) is 81.3 cm³/mol. The zero-order valence-electron chi connectivity index (χ0n) is 13.2. The third-order valence-corrected chi connectivity index (χ3v) is 2.82. The largest absolute Gasteiger partial charge is 0.416 e. The fraction of sp³-hybridized carbons (Fsp3) is 0.467. The van der Waals surface area contributed by atoms with E-state index >= 15 is 0 Å². The van der Waals surface area contributed by atoms with Crippen molar-refractivity contribution < 1.29 is 17.9 Å². The fourth-order valence-corrected chi connectivity index (χ4v) is 1.59. The van der Waals surface area contributed by atoms with Crippen molar-refractivity contribution >= 4 is 5.57 Å². The van der Waals surface area contributed by atoms with Crippen LogP contribution in [0.25, 0.3) is 5.57 Å². The number of allylic oxidation sites excluding steroid dienone is 3. The average molecular weight is 328 g/mol. The molecule has 0 spiro atoms. The highest BCUT2D eigenvalue weighted by atomic mass is 19.4. The van der Waals surface area contributed by atoms with Crippen LogP contribution < -0.4 is 0 Å². The Labute approximate surface area is 133 Å². The van der Waals surface area contributed by atoms with Crippen molar-refractivity contribution in [2.75, 3.05) is 27.2 Å².